The van der Waals surface area contributed by atoms with E-state index in [-0.39, 0.29) is 19.4 Å². The van der Waals surface area contributed by atoms with Crippen molar-refractivity contribution >= 4 is 15.6 Å². The molecule has 0 rings (SSSR count). The summed E-state index contributed by atoms with van der Waals surface area (Å²) in [5, 5.41) is 16.4. The second-order valence-corrected chi connectivity index (χ2v) is 7.29. The molecule has 0 aromatic carbocycles. The van der Waals surface area contributed by atoms with Crippen LogP contribution >= 0.6 is 15.6 Å². The van der Waals surface area contributed by atoms with Crippen LogP contribution in [0.5, 0.6) is 0 Å². The Labute approximate surface area is 101 Å². The van der Waals surface area contributed by atoms with Gasteiger partial charge < -0.3 is 10.2 Å². The molecule has 0 fully saturated rings. The van der Waals surface area contributed by atoms with Crippen LogP contribution in [0.15, 0.2) is 0 Å². The van der Waals surface area contributed by atoms with E-state index in [0.717, 1.165) is 0 Å². The van der Waals surface area contributed by atoms with Crippen molar-refractivity contribution in [2.45, 2.75) is 43.6 Å². The molecule has 17 heavy (non-hydrogen) atoms. The maximum atomic E-state index is 10.7. The van der Waals surface area contributed by atoms with Gasteiger partial charge in [-0.1, -0.05) is 0 Å². The van der Waals surface area contributed by atoms with E-state index in [1.807, 2.05) is 0 Å². The van der Waals surface area contributed by atoms with Gasteiger partial charge in [0.2, 0.25) is 0 Å². The van der Waals surface area contributed by atoms with Crippen LogP contribution in [0, 0.1) is 0 Å². The maximum absolute atomic E-state index is 10.7. The van der Waals surface area contributed by atoms with Crippen molar-refractivity contribution in [2.24, 2.45) is 0 Å². The molecule has 2 atom stereocenters. The van der Waals surface area contributed by atoms with Crippen LogP contribution in [0.4, 0.5) is 0 Å². The number of aliphatic hydroxyl groups excluding tert-OH is 2. The van der Waals surface area contributed by atoms with Crippen LogP contribution in [-0.4, -0.2) is 43.0 Å². The average Bonchev–Trinajstić information content (AvgIpc) is 2.15. The standard InChI is InChI=1S/C8H19O7P2/c9-6-2-1-3-7(10)4-5-8(16(11)12)17(13,14)15/h7-10,13-15H,1-6H2/q+1. The SMILES string of the molecule is O=P(=O)C(CCC(O)CCCCO)[P+](O)(O)O. The topological polar surface area (TPSA) is 135 Å². The molecule has 0 aliphatic rings. The number of aliphatic hydroxyl groups is 2. The fraction of sp³-hybridized carbons (Fsp3) is 1.00. The lowest BCUT2D eigenvalue weighted by Gasteiger charge is -2.13. The predicted octanol–water partition coefficient (Wildman–Crippen LogP) is 0.529. The molecule has 0 bridgehead atoms. The summed E-state index contributed by atoms with van der Waals surface area (Å²) in [6.45, 7) is 0.0281. The van der Waals surface area contributed by atoms with Crippen LogP contribution < -0.4 is 0 Å². The van der Waals surface area contributed by atoms with Crippen molar-refractivity contribution in [3.63, 3.8) is 0 Å². The molecule has 0 radical (unpaired) electrons. The minimum Gasteiger partial charge on any atom is -0.396 e. The third-order valence-corrected chi connectivity index (χ3v) is 5.64. The van der Waals surface area contributed by atoms with E-state index in [1.165, 1.54) is 0 Å². The molecule has 2 unspecified atom stereocenters. The lowest BCUT2D eigenvalue weighted by Crippen LogP contribution is -2.13. The normalized spacial score (nSPS) is 15.6. The van der Waals surface area contributed by atoms with Gasteiger partial charge in [0, 0.05) is 13.0 Å². The molecule has 0 aliphatic heterocycles. The van der Waals surface area contributed by atoms with Crippen LogP contribution in [0.2, 0.25) is 0 Å². The zero-order valence-electron chi connectivity index (χ0n) is 9.34. The van der Waals surface area contributed by atoms with Crippen LogP contribution in [-0.2, 0) is 9.13 Å². The van der Waals surface area contributed by atoms with Gasteiger partial charge in [-0.15, -0.1) is 0 Å². The Kier molecular flexibility index (Phi) is 8.33. The highest BCUT2D eigenvalue weighted by Crippen LogP contribution is 2.58. The molecule has 0 aromatic heterocycles. The summed E-state index contributed by atoms with van der Waals surface area (Å²) in [5.41, 5.74) is 0. The molecular weight excluding hydrogens is 270 g/mol. The molecule has 0 saturated heterocycles. The van der Waals surface area contributed by atoms with Crippen LogP contribution in [0.25, 0.3) is 0 Å². The summed E-state index contributed by atoms with van der Waals surface area (Å²) < 4.78 is 21.4. The molecule has 0 saturated carbocycles. The Morgan fingerprint density at radius 3 is 2.00 bits per heavy atom. The molecule has 0 aliphatic carbocycles. The highest BCUT2D eigenvalue weighted by molar-refractivity contribution is 7.68. The summed E-state index contributed by atoms with van der Waals surface area (Å²) in [6, 6.07) is 0. The zero-order valence-corrected chi connectivity index (χ0v) is 11.1. The smallest absolute Gasteiger partial charge is 0.396 e. The van der Waals surface area contributed by atoms with E-state index >= 15 is 0 Å². The van der Waals surface area contributed by atoms with Crippen molar-refractivity contribution in [3.05, 3.63) is 0 Å². The number of unbranched alkanes of at least 4 members (excludes halogenated alkanes) is 1. The van der Waals surface area contributed by atoms with Crippen molar-refractivity contribution in [2.75, 3.05) is 6.61 Å². The Hall–Kier alpha value is 0.130. The van der Waals surface area contributed by atoms with E-state index in [9.17, 15) is 14.2 Å². The number of hydrogen-bond acceptors (Lipinski definition) is 7. The van der Waals surface area contributed by atoms with Gasteiger partial charge >= 0.3 is 15.6 Å². The van der Waals surface area contributed by atoms with Crippen molar-refractivity contribution in [1.82, 2.24) is 0 Å². The highest BCUT2D eigenvalue weighted by Gasteiger charge is 2.47. The molecule has 0 spiro atoms. The summed E-state index contributed by atoms with van der Waals surface area (Å²) in [5.74, 6) is 0. The zero-order chi connectivity index (χ0) is 13.5. The average molecular weight is 289 g/mol. The van der Waals surface area contributed by atoms with Crippen molar-refractivity contribution < 1.29 is 34.0 Å². The van der Waals surface area contributed by atoms with Gasteiger partial charge in [-0.2, -0.15) is 14.7 Å². The van der Waals surface area contributed by atoms with Gasteiger partial charge in [-0.3, -0.25) is 0 Å². The maximum Gasteiger partial charge on any atom is 0.421 e. The predicted molar refractivity (Wildman–Crippen MR) is 61.8 cm³/mol. The monoisotopic (exact) mass is 289 g/mol. The third-order valence-electron chi connectivity index (χ3n) is 2.35. The molecular formula is C8H19O7P2+. The minimum absolute atomic E-state index is 0.0281. The van der Waals surface area contributed by atoms with E-state index in [0.29, 0.717) is 19.3 Å². The van der Waals surface area contributed by atoms with Crippen LogP contribution in [0.1, 0.15) is 32.1 Å². The second kappa shape index (κ2) is 8.27. The van der Waals surface area contributed by atoms with Crippen molar-refractivity contribution in [3.8, 4) is 0 Å². The molecule has 102 valence electrons. The summed E-state index contributed by atoms with van der Waals surface area (Å²) in [4.78, 5) is 26.7. The first-order valence-corrected chi connectivity index (χ1v) is 8.24. The molecule has 0 heterocycles. The van der Waals surface area contributed by atoms with Gasteiger partial charge in [0.25, 0.3) is 5.40 Å². The highest BCUT2D eigenvalue weighted by atomic mass is 31.2. The van der Waals surface area contributed by atoms with E-state index in [1.54, 1.807) is 0 Å². The van der Waals surface area contributed by atoms with Gasteiger partial charge in [-0.05, 0) is 25.7 Å². The fourth-order valence-corrected chi connectivity index (χ4v) is 3.25. The largest absolute Gasteiger partial charge is 0.421 e. The first-order valence-electron chi connectivity index (χ1n) is 5.28. The molecule has 5 N–H and O–H groups in total. The first kappa shape index (κ1) is 17.1. The van der Waals surface area contributed by atoms with Gasteiger partial charge in [0.05, 0.1) is 6.10 Å². The molecule has 0 amide bonds. The third kappa shape index (κ3) is 7.95. The van der Waals surface area contributed by atoms with Gasteiger partial charge in [0.15, 0.2) is 0 Å². The van der Waals surface area contributed by atoms with E-state index in [2.05, 4.69) is 0 Å². The van der Waals surface area contributed by atoms with E-state index < -0.39 is 27.1 Å². The quantitative estimate of drug-likeness (QED) is 0.308. The number of rotatable bonds is 9. The Balaban J connectivity index is 4.06. The Morgan fingerprint density at radius 1 is 1.00 bits per heavy atom. The second-order valence-electron chi connectivity index (χ2n) is 3.83. The summed E-state index contributed by atoms with van der Waals surface area (Å²) >= 11 is 0. The summed E-state index contributed by atoms with van der Waals surface area (Å²) in [7, 11) is -7.57. The molecule has 9 heteroatoms. The Morgan fingerprint density at radius 2 is 1.59 bits per heavy atom. The number of hydrogen-bond donors (Lipinski definition) is 5. The molecule has 7 nitrogen and oxygen atoms in total. The van der Waals surface area contributed by atoms with Gasteiger partial charge in [0.1, 0.15) is 0 Å². The lowest BCUT2D eigenvalue weighted by molar-refractivity contribution is 0.145. The van der Waals surface area contributed by atoms with Crippen LogP contribution in [0.3, 0.4) is 0 Å². The molecule has 0 aromatic rings. The summed E-state index contributed by atoms with van der Waals surface area (Å²) in [6.07, 6.45) is 0.637. The first-order chi connectivity index (χ1) is 7.79. The Bertz CT molecular complexity index is 266. The fourth-order valence-electron chi connectivity index (χ4n) is 1.38. The minimum atomic E-state index is -4.42. The van der Waals surface area contributed by atoms with Gasteiger partial charge in [-0.25, -0.2) is 9.13 Å². The lowest BCUT2D eigenvalue weighted by atomic mass is 10.1. The van der Waals surface area contributed by atoms with Crippen molar-refractivity contribution in [1.29, 1.82) is 0 Å². The van der Waals surface area contributed by atoms with E-state index in [4.69, 9.17) is 19.8 Å².